The van der Waals surface area contributed by atoms with Crippen LogP contribution in [0, 0.1) is 0 Å². The molecule has 1 amide bonds. The normalized spacial score (nSPS) is 11.8. The van der Waals surface area contributed by atoms with Gasteiger partial charge in [0.1, 0.15) is 0 Å². The molecule has 0 aliphatic heterocycles. The lowest BCUT2D eigenvalue weighted by Gasteiger charge is -2.12. The van der Waals surface area contributed by atoms with Gasteiger partial charge in [-0.3, -0.25) is 9.78 Å². The second-order valence-electron chi connectivity index (χ2n) is 3.97. The summed E-state index contributed by atoms with van der Waals surface area (Å²) in [7, 11) is 0. The molecule has 0 saturated heterocycles. The third-order valence-corrected chi connectivity index (χ3v) is 2.62. The Morgan fingerprint density at radius 1 is 1.39 bits per heavy atom. The Balaban J connectivity index is 2.10. The lowest BCUT2D eigenvalue weighted by atomic mass is 10.00. The number of carbonyl (C=O) groups excluding carboxylic acids is 1. The van der Waals surface area contributed by atoms with E-state index in [2.05, 4.69) is 15.3 Å². The lowest BCUT2D eigenvalue weighted by molar-refractivity contribution is -0.117. The summed E-state index contributed by atoms with van der Waals surface area (Å²) in [4.78, 5) is 19.9. The molecular weight excluding hydrogens is 228 g/mol. The van der Waals surface area contributed by atoms with Crippen molar-refractivity contribution in [1.82, 2.24) is 9.97 Å². The highest BCUT2D eigenvalue weighted by atomic mass is 16.1. The van der Waals surface area contributed by atoms with Crippen molar-refractivity contribution in [3.63, 3.8) is 0 Å². The summed E-state index contributed by atoms with van der Waals surface area (Å²) >= 11 is 0. The van der Waals surface area contributed by atoms with Crippen LogP contribution >= 0.6 is 0 Å². The minimum Gasteiger partial charge on any atom is -0.399 e. The van der Waals surface area contributed by atoms with E-state index < -0.39 is 0 Å². The second-order valence-corrected chi connectivity index (χ2v) is 3.97. The summed E-state index contributed by atoms with van der Waals surface area (Å²) in [5.41, 5.74) is 7.21. The van der Waals surface area contributed by atoms with Crippen LogP contribution in [0.4, 0.5) is 11.5 Å². The van der Waals surface area contributed by atoms with Crippen molar-refractivity contribution in [1.29, 1.82) is 0 Å². The van der Waals surface area contributed by atoms with Crippen molar-refractivity contribution >= 4 is 17.4 Å². The maximum absolute atomic E-state index is 12.0. The number of nitrogens with two attached hydrogens (primary N) is 1. The van der Waals surface area contributed by atoms with Crippen molar-refractivity contribution in [3.05, 3.63) is 48.4 Å². The number of hydrogen-bond donors (Lipinski definition) is 2. The summed E-state index contributed by atoms with van der Waals surface area (Å²) in [5.74, 6) is 0.00913. The second kappa shape index (κ2) is 5.27. The molecule has 92 valence electrons. The van der Waals surface area contributed by atoms with Crippen LogP contribution in [0.1, 0.15) is 18.4 Å². The molecule has 1 unspecified atom stereocenters. The summed E-state index contributed by atoms with van der Waals surface area (Å²) in [6, 6.07) is 7.28. The van der Waals surface area contributed by atoms with Crippen LogP contribution in [-0.2, 0) is 4.79 Å². The molecule has 2 aromatic rings. The number of carbonyl (C=O) groups is 1. The monoisotopic (exact) mass is 242 g/mol. The number of nitrogens with zero attached hydrogens (tertiary/aromatic N) is 2. The predicted octanol–water partition coefficient (Wildman–Crippen LogP) is 1.80. The summed E-state index contributed by atoms with van der Waals surface area (Å²) in [6.07, 6.45) is 4.59. The molecule has 5 nitrogen and oxygen atoms in total. The number of nitrogen functional groups attached to an aromatic ring is 1. The average molecular weight is 242 g/mol. The van der Waals surface area contributed by atoms with Crippen LogP contribution in [0.5, 0.6) is 0 Å². The van der Waals surface area contributed by atoms with Crippen molar-refractivity contribution in [3.8, 4) is 0 Å². The minimum atomic E-state index is -0.296. The third kappa shape index (κ3) is 2.82. The fourth-order valence-electron chi connectivity index (χ4n) is 1.58. The van der Waals surface area contributed by atoms with Gasteiger partial charge in [-0.1, -0.05) is 12.1 Å². The molecule has 18 heavy (non-hydrogen) atoms. The van der Waals surface area contributed by atoms with Gasteiger partial charge in [0.2, 0.25) is 5.91 Å². The first-order valence-electron chi connectivity index (χ1n) is 5.59. The Labute approximate surface area is 105 Å². The van der Waals surface area contributed by atoms with Crippen LogP contribution < -0.4 is 11.1 Å². The van der Waals surface area contributed by atoms with Gasteiger partial charge in [-0.05, 0) is 24.6 Å². The van der Waals surface area contributed by atoms with Crippen molar-refractivity contribution in [2.75, 3.05) is 11.1 Å². The molecule has 1 aromatic carbocycles. The number of amides is 1. The third-order valence-electron chi connectivity index (χ3n) is 2.62. The van der Waals surface area contributed by atoms with E-state index >= 15 is 0 Å². The van der Waals surface area contributed by atoms with E-state index in [0.717, 1.165) is 5.56 Å². The van der Waals surface area contributed by atoms with Gasteiger partial charge in [-0.25, -0.2) is 4.98 Å². The fraction of sp³-hybridized carbons (Fsp3) is 0.154. The summed E-state index contributed by atoms with van der Waals surface area (Å²) in [6.45, 7) is 1.82. The van der Waals surface area contributed by atoms with Gasteiger partial charge in [0.15, 0.2) is 5.82 Å². The number of benzene rings is 1. The topological polar surface area (TPSA) is 80.9 Å². The predicted molar refractivity (Wildman–Crippen MR) is 69.9 cm³/mol. The van der Waals surface area contributed by atoms with Crippen LogP contribution in [0.3, 0.4) is 0 Å². The molecule has 0 saturated carbocycles. The molecule has 0 bridgehead atoms. The zero-order valence-electron chi connectivity index (χ0n) is 10.00. The van der Waals surface area contributed by atoms with Crippen molar-refractivity contribution < 1.29 is 4.79 Å². The van der Waals surface area contributed by atoms with Gasteiger partial charge >= 0.3 is 0 Å². The van der Waals surface area contributed by atoms with Crippen molar-refractivity contribution in [2.24, 2.45) is 0 Å². The number of rotatable bonds is 3. The molecule has 0 aliphatic rings. The highest BCUT2D eigenvalue weighted by molar-refractivity contribution is 5.94. The molecular formula is C13H14N4O. The Hall–Kier alpha value is -2.43. The van der Waals surface area contributed by atoms with Gasteiger partial charge in [0, 0.05) is 18.1 Å². The van der Waals surface area contributed by atoms with Gasteiger partial charge in [-0.15, -0.1) is 0 Å². The quantitative estimate of drug-likeness (QED) is 0.804. The number of aromatic nitrogens is 2. The molecule has 0 radical (unpaired) electrons. The van der Waals surface area contributed by atoms with Crippen LogP contribution in [0.2, 0.25) is 0 Å². The van der Waals surface area contributed by atoms with E-state index in [0.29, 0.717) is 11.5 Å². The van der Waals surface area contributed by atoms with Gasteiger partial charge in [0.05, 0.1) is 12.1 Å². The Bertz CT molecular complexity index is 542. The highest BCUT2D eigenvalue weighted by Gasteiger charge is 2.15. The van der Waals surface area contributed by atoms with E-state index in [1.807, 2.05) is 19.1 Å². The lowest BCUT2D eigenvalue weighted by Crippen LogP contribution is -2.19. The van der Waals surface area contributed by atoms with Crippen LogP contribution in [0.15, 0.2) is 42.9 Å². The SMILES string of the molecule is CC(C(=O)Nc1cnccn1)c1cccc(N)c1. The summed E-state index contributed by atoms with van der Waals surface area (Å²) < 4.78 is 0. The van der Waals surface area contributed by atoms with Gasteiger partial charge in [-0.2, -0.15) is 0 Å². The fourth-order valence-corrected chi connectivity index (χ4v) is 1.58. The molecule has 1 heterocycles. The van der Waals surface area contributed by atoms with Gasteiger partial charge < -0.3 is 11.1 Å². The number of nitrogens with one attached hydrogen (secondary N) is 1. The molecule has 0 fully saturated rings. The maximum Gasteiger partial charge on any atom is 0.232 e. The molecule has 1 aromatic heterocycles. The van der Waals surface area contributed by atoms with E-state index in [9.17, 15) is 4.79 Å². The van der Waals surface area contributed by atoms with E-state index in [4.69, 9.17) is 5.73 Å². The van der Waals surface area contributed by atoms with Crippen LogP contribution in [-0.4, -0.2) is 15.9 Å². The molecule has 5 heteroatoms. The molecule has 1 atom stereocenters. The number of anilines is 2. The maximum atomic E-state index is 12.0. The Kier molecular flexibility index (Phi) is 3.52. The van der Waals surface area contributed by atoms with E-state index in [1.54, 1.807) is 18.3 Å². The molecule has 0 spiro atoms. The molecule has 2 rings (SSSR count). The largest absolute Gasteiger partial charge is 0.399 e. The zero-order valence-corrected chi connectivity index (χ0v) is 10.00. The van der Waals surface area contributed by atoms with Crippen molar-refractivity contribution in [2.45, 2.75) is 12.8 Å². The highest BCUT2D eigenvalue weighted by Crippen LogP contribution is 2.19. The minimum absolute atomic E-state index is 0.138. The first-order valence-corrected chi connectivity index (χ1v) is 5.59. The van der Waals surface area contributed by atoms with Crippen LogP contribution in [0.25, 0.3) is 0 Å². The smallest absolute Gasteiger partial charge is 0.232 e. The molecule has 3 N–H and O–H groups in total. The zero-order chi connectivity index (χ0) is 13.0. The average Bonchev–Trinajstić information content (AvgIpc) is 2.39. The summed E-state index contributed by atoms with van der Waals surface area (Å²) in [5, 5.41) is 2.71. The first kappa shape index (κ1) is 12.0. The number of hydrogen-bond acceptors (Lipinski definition) is 4. The van der Waals surface area contributed by atoms with E-state index in [1.165, 1.54) is 12.4 Å². The Morgan fingerprint density at radius 2 is 2.22 bits per heavy atom. The molecule has 0 aliphatic carbocycles. The first-order chi connectivity index (χ1) is 8.66. The Morgan fingerprint density at radius 3 is 2.89 bits per heavy atom. The standard InChI is InChI=1S/C13H14N4O/c1-9(10-3-2-4-11(14)7-10)13(18)17-12-8-15-5-6-16-12/h2-9H,14H2,1H3,(H,16,17,18). The van der Waals surface area contributed by atoms with Gasteiger partial charge in [0.25, 0.3) is 0 Å². The van der Waals surface area contributed by atoms with E-state index in [-0.39, 0.29) is 11.8 Å².